The molecule has 0 bridgehead atoms. The molecule has 0 saturated carbocycles. The summed E-state index contributed by atoms with van der Waals surface area (Å²) >= 11 is 0. The smallest absolute Gasteiger partial charge is 0.223 e. The Labute approximate surface area is 183 Å². The second-order valence-corrected chi connectivity index (χ2v) is 10.2. The SMILES string of the molecule is CC(C)C1CCN(C(=O)CCC(=O)N2CCC(N3CCN(C(C)C)CC3)CC2)CC1. The van der Waals surface area contributed by atoms with E-state index in [4.69, 9.17) is 0 Å². The van der Waals surface area contributed by atoms with Crippen LogP contribution in [0.4, 0.5) is 0 Å². The van der Waals surface area contributed by atoms with Gasteiger partial charge in [0.2, 0.25) is 11.8 Å². The zero-order chi connectivity index (χ0) is 21.7. The Balaban J connectivity index is 1.33. The van der Waals surface area contributed by atoms with Crippen LogP contribution in [0.3, 0.4) is 0 Å². The number of piperazine rings is 1. The van der Waals surface area contributed by atoms with E-state index in [0.717, 1.165) is 84.0 Å². The first kappa shape index (κ1) is 23.5. The molecule has 0 aliphatic carbocycles. The second-order valence-electron chi connectivity index (χ2n) is 10.2. The lowest BCUT2D eigenvalue weighted by atomic mass is 9.86. The summed E-state index contributed by atoms with van der Waals surface area (Å²) in [4.78, 5) is 34.4. The molecule has 0 aromatic carbocycles. The molecule has 3 aliphatic heterocycles. The predicted octanol–water partition coefficient (Wildman–Crippen LogP) is 2.68. The average molecular weight is 421 g/mol. The minimum absolute atomic E-state index is 0.170. The van der Waals surface area contributed by atoms with Crippen molar-refractivity contribution in [2.45, 2.75) is 78.3 Å². The molecule has 6 nitrogen and oxygen atoms in total. The Morgan fingerprint density at radius 1 is 0.700 bits per heavy atom. The molecule has 0 atom stereocenters. The van der Waals surface area contributed by atoms with E-state index in [0.29, 0.717) is 30.8 Å². The average Bonchev–Trinajstić information content (AvgIpc) is 2.77. The van der Waals surface area contributed by atoms with Gasteiger partial charge in [0.1, 0.15) is 0 Å². The summed E-state index contributed by atoms with van der Waals surface area (Å²) in [6.07, 6.45) is 5.11. The molecule has 0 N–H and O–H groups in total. The van der Waals surface area contributed by atoms with Crippen LogP contribution in [0.15, 0.2) is 0 Å². The molecule has 3 fully saturated rings. The van der Waals surface area contributed by atoms with Gasteiger partial charge in [-0.3, -0.25) is 19.4 Å². The van der Waals surface area contributed by atoms with Gasteiger partial charge in [0.05, 0.1) is 0 Å². The summed E-state index contributed by atoms with van der Waals surface area (Å²) in [5.41, 5.74) is 0. The third-order valence-corrected chi connectivity index (χ3v) is 7.80. The van der Waals surface area contributed by atoms with Crippen molar-refractivity contribution in [1.29, 1.82) is 0 Å². The Bertz CT molecular complexity index is 556. The van der Waals surface area contributed by atoms with Crippen LogP contribution < -0.4 is 0 Å². The van der Waals surface area contributed by atoms with Gasteiger partial charge in [0.25, 0.3) is 0 Å². The topological polar surface area (TPSA) is 47.1 Å². The predicted molar refractivity (Wildman–Crippen MR) is 121 cm³/mol. The van der Waals surface area contributed by atoms with Gasteiger partial charge in [0.15, 0.2) is 0 Å². The minimum Gasteiger partial charge on any atom is -0.343 e. The van der Waals surface area contributed by atoms with Crippen molar-refractivity contribution in [3.63, 3.8) is 0 Å². The molecule has 3 rings (SSSR count). The molecular weight excluding hydrogens is 376 g/mol. The molecule has 30 heavy (non-hydrogen) atoms. The molecule has 2 amide bonds. The van der Waals surface area contributed by atoms with Crippen molar-refractivity contribution < 1.29 is 9.59 Å². The summed E-state index contributed by atoms with van der Waals surface area (Å²) in [7, 11) is 0. The van der Waals surface area contributed by atoms with Gasteiger partial charge < -0.3 is 9.80 Å². The van der Waals surface area contributed by atoms with Crippen LogP contribution in [0.1, 0.15) is 66.2 Å². The molecule has 0 aromatic rings. The van der Waals surface area contributed by atoms with Gasteiger partial charge in [-0.05, 0) is 51.4 Å². The highest BCUT2D eigenvalue weighted by Crippen LogP contribution is 2.25. The van der Waals surface area contributed by atoms with Crippen molar-refractivity contribution in [1.82, 2.24) is 19.6 Å². The van der Waals surface area contributed by atoms with E-state index < -0.39 is 0 Å². The number of hydrogen-bond acceptors (Lipinski definition) is 4. The van der Waals surface area contributed by atoms with E-state index in [1.807, 2.05) is 9.80 Å². The van der Waals surface area contributed by atoms with Gasteiger partial charge in [-0.15, -0.1) is 0 Å². The fraction of sp³-hybridized carbons (Fsp3) is 0.917. The summed E-state index contributed by atoms with van der Waals surface area (Å²) in [5, 5.41) is 0. The highest BCUT2D eigenvalue weighted by Gasteiger charge is 2.30. The molecular formula is C24H44N4O2. The van der Waals surface area contributed by atoms with E-state index in [2.05, 4.69) is 37.5 Å². The van der Waals surface area contributed by atoms with Crippen molar-refractivity contribution >= 4 is 11.8 Å². The first-order chi connectivity index (χ1) is 14.3. The van der Waals surface area contributed by atoms with E-state index in [-0.39, 0.29) is 11.8 Å². The number of amides is 2. The van der Waals surface area contributed by atoms with Crippen LogP contribution in [0.2, 0.25) is 0 Å². The van der Waals surface area contributed by atoms with Gasteiger partial charge in [-0.2, -0.15) is 0 Å². The largest absolute Gasteiger partial charge is 0.343 e. The maximum atomic E-state index is 12.7. The Kier molecular flexibility index (Phi) is 8.58. The van der Waals surface area contributed by atoms with Gasteiger partial charge >= 0.3 is 0 Å². The summed E-state index contributed by atoms with van der Waals surface area (Å²) in [6, 6.07) is 1.25. The minimum atomic E-state index is 0.170. The monoisotopic (exact) mass is 420 g/mol. The molecule has 0 aromatic heterocycles. The maximum absolute atomic E-state index is 12.7. The van der Waals surface area contributed by atoms with Crippen LogP contribution in [0.5, 0.6) is 0 Å². The molecule has 172 valence electrons. The highest BCUT2D eigenvalue weighted by atomic mass is 16.2. The van der Waals surface area contributed by atoms with Crippen molar-refractivity contribution in [2.75, 3.05) is 52.4 Å². The second kappa shape index (κ2) is 10.9. The van der Waals surface area contributed by atoms with E-state index >= 15 is 0 Å². The first-order valence-electron chi connectivity index (χ1n) is 12.4. The number of rotatable bonds is 6. The lowest BCUT2D eigenvalue weighted by Crippen LogP contribution is -2.54. The van der Waals surface area contributed by atoms with Crippen molar-refractivity contribution in [3.05, 3.63) is 0 Å². The van der Waals surface area contributed by atoms with E-state index in [9.17, 15) is 9.59 Å². The molecule has 0 radical (unpaired) electrons. The number of hydrogen-bond donors (Lipinski definition) is 0. The maximum Gasteiger partial charge on any atom is 0.223 e. The lowest BCUT2D eigenvalue weighted by Gasteiger charge is -2.43. The van der Waals surface area contributed by atoms with Crippen LogP contribution in [0, 0.1) is 11.8 Å². The summed E-state index contributed by atoms with van der Waals surface area (Å²) < 4.78 is 0. The number of carbonyl (C=O) groups excluding carboxylic acids is 2. The van der Waals surface area contributed by atoms with Crippen LogP contribution in [0.25, 0.3) is 0 Å². The Morgan fingerprint density at radius 2 is 1.17 bits per heavy atom. The highest BCUT2D eigenvalue weighted by molar-refractivity contribution is 5.84. The third kappa shape index (κ3) is 6.19. The zero-order valence-corrected chi connectivity index (χ0v) is 19.8. The number of piperidine rings is 2. The third-order valence-electron chi connectivity index (χ3n) is 7.80. The summed E-state index contributed by atoms with van der Waals surface area (Å²) in [6.45, 7) is 17.2. The van der Waals surface area contributed by atoms with E-state index in [1.54, 1.807) is 0 Å². The molecule has 3 aliphatic rings. The molecule has 3 saturated heterocycles. The van der Waals surface area contributed by atoms with Crippen molar-refractivity contribution in [3.8, 4) is 0 Å². The first-order valence-corrected chi connectivity index (χ1v) is 12.4. The summed E-state index contributed by atoms with van der Waals surface area (Å²) in [5.74, 6) is 1.78. The molecule has 0 unspecified atom stereocenters. The van der Waals surface area contributed by atoms with Crippen LogP contribution >= 0.6 is 0 Å². The van der Waals surface area contributed by atoms with Gasteiger partial charge in [-0.1, -0.05) is 13.8 Å². The zero-order valence-electron chi connectivity index (χ0n) is 19.8. The van der Waals surface area contributed by atoms with Gasteiger partial charge in [-0.25, -0.2) is 0 Å². The van der Waals surface area contributed by atoms with E-state index in [1.165, 1.54) is 0 Å². The van der Waals surface area contributed by atoms with Crippen LogP contribution in [-0.4, -0.2) is 95.9 Å². The van der Waals surface area contributed by atoms with Crippen molar-refractivity contribution in [2.24, 2.45) is 11.8 Å². The standard InChI is InChI=1S/C24H44N4O2/c1-19(2)21-7-11-27(12-8-21)23(29)5-6-24(30)28-13-9-22(10-14-28)26-17-15-25(16-18-26)20(3)4/h19-22H,5-18H2,1-4H3. The fourth-order valence-electron chi connectivity index (χ4n) is 5.44. The number of nitrogens with zero attached hydrogens (tertiary/aromatic N) is 4. The normalized spacial score (nSPS) is 23.5. The Hall–Kier alpha value is -1.14. The molecule has 6 heteroatoms. The van der Waals surface area contributed by atoms with Crippen LogP contribution in [-0.2, 0) is 9.59 Å². The number of carbonyl (C=O) groups is 2. The fourth-order valence-corrected chi connectivity index (χ4v) is 5.44. The number of likely N-dealkylation sites (tertiary alicyclic amines) is 2. The Morgan fingerprint density at radius 3 is 1.60 bits per heavy atom. The lowest BCUT2D eigenvalue weighted by molar-refractivity contribution is -0.138. The quantitative estimate of drug-likeness (QED) is 0.663. The molecule has 0 spiro atoms. The molecule has 3 heterocycles. The van der Waals surface area contributed by atoms with Gasteiger partial charge in [0, 0.05) is 77.3 Å².